The second-order valence-corrected chi connectivity index (χ2v) is 7.67. The zero-order chi connectivity index (χ0) is 19.5. The monoisotopic (exact) mass is 415 g/mol. The number of hydrogen-bond donors (Lipinski definition) is 0. The second-order valence-electron chi connectivity index (χ2n) is 6.44. The van der Waals surface area contributed by atoms with Crippen molar-refractivity contribution in [1.29, 1.82) is 0 Å². The normalized spacial score (nSPS) is 14.2. The van der Waals surface area contributed by atoms with E-state index in [1.807, 2.05) is 20.9 Å². The number of aromatic nitrogens is 2. The number of nitrogens with zero attached hydrogens (tertiary/aromatic N) is 3. The van der Waals surface area contributed by atoms with Crippen LogP contribution in [0.4, 0.5) is 0 Å². The summed E-state index contributed by atoms with van der Waals surface area (Å²) >= 11 is 7.61. The van der Waals surface area contributed by atoms with Gasteiger partial charge >= 0.3 is 0 Å². The highest BCUT2D eigenvalue weighted by Crippen LogP contribution is 2.22. The first kappa shape index (κ1) is 18.7. The van der Waals surface area contributed by atoms with Gasteiger partial charge in [0.2, 0.25) is 0 Å². The van der Waals surface area contributed by atoms with Crippen molar-refractivity contribution in [3.63, 3.8) is 0 Å². The molecule has 0 bridgehead atoms. The molecule has 6 nitrogen and oxygen atoms in total. The quantitative estimate of drug-likeness (QED) is 0.451. The number of rotatable bonds is 6. The lowest BCUT2D eigenvalue weighted by molar-refractivity contribution is -0.132. The van der Waals surface area contributed by atoms with Gasteiger partial charge in [-0.25, -0.2) is 4.98 Å². The number of thiazole rings is 1. The summed E-state index contributed by atoms with van der Waals surface area (Å²) in [5.74, 6) is 0.408. The molecule has 4 rings (SSSR count). The molecule has 1 aromatic carbocycles. The SMILES string of the molecule is O=C(/C=C/c1c(Cl)nc2sccn12)c1ccc(OCC(=O)N2CCCC2)cc1. The molecule has 0 unspecified atom stereocenters. The molecule has 28 heavy (non-hydrogen) atoms. The number of amides is 1. The Labute approximate surface area is 171 Å². The first-order valence-electron chi connectivity index (χ1n) is 8.96. The number of hydrogen-bond acceptors (Lipinski definition) is 5. The minimum Gasteiger partial charge on any atom is -0.484 e. The van der Waals surface area contributed by atoms with Crippen LogP contribution in [0.25, 0.3) is 11.0 Å². The van der Waals surface area contributed by atoms with E-state index in [0.717, 1.165) is 30.9 Å². The van der Waals surface area contributed by atoms with E-state index in [1.54, 1.807) is 30.3 Å². The average molecular weight is 416 g/mol. The van der Waals surface area contributed by atoms with E-state index >= 15 is 0 Å². The summed E-state index contributed by atoms with van der Waals surface area (Å²) in [6, 6.07) is 6.75. The van der Waals surface area contributed by atoms with E-state index in [9.17, 15) is 9.59 Å². The van der Waals surface area contributed by atoms with Gasteiger partial charge in [-0.15, -0.1) is 11.3 Å². The van der Waals surface area contributed by atoms with Gasteiger partial charge in [-0.3, -0.25) is 14.0 Å². The minimum absolute atomic E-state index is 0.00184. The molecule has 3 heterocycles. The topological polar surface area (TPSA) is 63.9 Å². The van der Waals surface area contributed by atoms with Gasteiger partial charge in [-0.2, -0.15) is 0 Å². The van der Waals surface area contributed by atoms with Crippen LogP contribution in [0.1, 0.15) is 28.9 Å². The highest BCUT2D eigenvalue weighted by molar-refractivity contribution is 7.15. The smallest absolute Gasteiger partial charge is 0.260 e. The zero-order valence-electron chi connectivity index (χ0n) is 15.0. The van der Waals surface area contributed by atoms with E-state index in [-0.39, 0.29) is 18.3 Å². The van der Waals surface area contributed by atoms with E-state index in [0.29, 0.717) is 22.2 Å². The molecular weight excluding hydrogens is 398 g/mol. The zero-order valence-corrected chi connectivity index (χ0v) is 16.6. The molecule has 1 aliphatic rings. The first-order chi connectivity index (χ1) is 13.6. The number of allylic oxidation sites excluding steroid dienone is 1. The number of carbonyl (C=O) groups excluding carboxylic acids is 2. The van der Waals surface area contributed by atoms with Crippen molar-refractivity contribution >= 4 is 45.7 Å². The number of likely N-dealkylation sites (tertiary alicyclic amines) is 1. The van der Waals surface area contributed by atoms with E-state index < -0.39 is 0 Å². The van der Waals surface area contributed by atoms with Gasteiger partial charge in [0.1, 0.15) is 5.75 Å². The third-order valence-electron chi connectivity index (χ3n) is 4.61. The summed E-state index contributed by atoms with van der Waals surface area (Å²) in [7, 11) is 0. The van der Waals surface area contributed by atoms with Gasteiger partial charge in [-0.05, 0) is 49.3 Å². The van der Waals surface area contributed by atoms with Crippen LogP contribution < -0.4 is 4.74 Å². The molecule has 3 aromatic rings. The van der Waals surface area contributed by atoms with Crippen LogP contribution in [0.15, 0.2) is 41.9 Å². The summed E-state index contributed by atoms with van der Waals surface area (Å²) in [5.41, 5.74) is 1.20. The third-order valence-corrected chi connectivity index (χ3v) is 5.64. The molecule has 2 aromatic heterocycles. The fourth-order valence-electron chi connectivity index (χ4n) is 3.10. The van der Waals surface area contributed by atoms with Gasteiger partial charge in [0.25, 0.3) is 5.91 Å². The first-order valence-corrected chi connectivity index (χ1v) is 10.2. The van der Waals surface area contributed by atoms with Crippen molar-refractivity contribution in [1.82, 2.24) is 14.3 Å². The lowest BCUT2D eigenvalue weighted by atomic mass is 10.1. The van der Waals surface area contributed by atoms with Crippen LogP contribution >= 0.6 is 22.9 Å². The highest BCUT2D eigenvalue weighted by atomic mass is 35.5. The molecule has 0 atom stereocenters. The summed E-state index contributed by atoms with van der Waals surface area (Å²) in [4.78, 5) is 31.3. The predicted octanol–water partition coefficient (Wildman–Crippen LogP) is 3.95. The predicted molar refractivity (Wildman–Crippen MR) is 109 cm³/mol. The van der Waals surface area contributed by atoms with Crippen LogP contribution in [0, 0.1) is 0 Å². The second kappa shape index (κ2) is 8.16. The Hall–Kier alpha value is -2.64. The van der Waals surface area contributed by atoms with Gasteiger partial charge in [-0.1, -0.05) is 11.6 Å². The number of carbonyl (C=O) groups is 2. The Morgan fingerprint density at radius 3 is 2.71 bits per heavy atom. The Kier molecular flexibility index (Phi) is 5.45. The molecule has 0 saturated carbocycles. The van der Waals surface area contributed by atoms with Crippen LogP contribution in [0.2, 0.25) is 5.15 Å². The minimum atomic E-state index is -0.152. The summed E-state index contributed by atoms with van der Waals surface area (Å²) in [6.45, 7) is 1.63. The van der Waals surface area contributed by atoms with Crippen molar-refractivity contribution < 1.29 is 14.3 Å². The molecule has 1 amide bonds. The maximum absolute atomic E-state index is 12.4. The van der Waals surface area contributed by atoms with E-state index in [2.05, 4.69) is 4.98 Å². The van der Waals surface area contributed by atoms with Crippen molar-refractivity contribution in [2.24, 2.45) is 0 Å². The number of ketones is 1. The largest absolute Gasteiger partial charge is 0.484 e. The Morgan fingerprint density at radius 1 is 1.21 bits per heavy atom. The molecule has 0 aliphatic carbocycles. The number of ether oxygens (including phenoxy) is 1. The molecule has 0 N–H and O–H groups in total. The Morgan fingerprint density at radius 2 is 1.96 bits per heavy atom. The number of fused-ring (bicyclic) bond motifs is 1. The Balaban J connectivity index is 1.37. The van der Waals surface area contributed by atoms with Crippen molar-refractivity contribution in [2.45, 2.75) is 12.8 Å². The van der Waals surface area contributed by atoms with Crippen LogP contribution in [-0.4, -0.2) is 45.7 Å². The lowest BCUT2D eigenvalue weighted by Gasteiger charge is -2.15. The van der Waals surface area contributed by atoms with Crippen molar-refractivity contribution in [3.05, 3.63) is 58.3 Å². The lowest BCUT2D eigenvalue weighted by Crippen LogP contribution is -2.32. The summed E-state index contributed by atoms with van der Waals surface area (Å²) in [5, 5.41) is 2.27. The Bertz CT molecular complexity index is 1030. The maximum Gasteiger partial charge on any atom is 0.260 e. The summed E-state index contributed by atoms with van der Waals surface area (Å²) < 4.78 is 7.38. The van der Waals surface area contributed by atoms with Gasteiger partial charge in [0.15, 0.2) is 22.5 Å². The highest BCUT2D eigenvalue weighted by Gasteiger charge is 2.18. The molecule has 8 heteroatoms. The fraction of sp³-hybridized carbons (Fsp3) is 0.250. The van der Waals surface area contributed by atoms with Crippen LogP contribution in [0.5, 0.6) is 5.75 Å². The number of imidazole rings is 1. The van der Waals surface area contributed by atoms with Crippen LogP contribution in [-0.2, 0) is 4.79 Å². The van der Waals surface area contributed by atoms with Crippen LogP contribution in [0.3, 0.4) is 0 Å². The maximum atomic E-state index is 12.4. The summed E-state index contributed by atoms with van der Waals surface area (Å²) in [6.07, 6.45) is 7.10. The third kappa shape index (κ3) is 3.95. The van der Waals surface area contributed by atoms with Gasteiger partial charge in [0.05, 0.1) is 5.69 Å². The average Bonchev–Trinajstić information content (AvgIpc) is 3.43. The fourth-order valence-corrected chi connectivity index (χ4v) is 4.10. The van der Waals surface area contributed by atoms with Gasteiger partial charge in [0, 0.05) is 30.2 Å². The molecule has 1 aliphatic heterocycles. The van der Waals surface area contributed by atoms with Crippen molar-refractivity contribution in [3.8, 4) is 5.75 Å². The molecule has 0 radical (unpaired) electrons. The molecule has 1 saturated heterocycles. The molecule has 144 valence electrons. The molecule has 0 spiro atoms. The number of halogens is 1. The standard InChI is InChI=1S/C20H18ClN3O3S/c21-19-16(24-11-12-28-20(24)22-19)7-8-17(25)14-3-5-15(6-4-14)27-13-18(26)23-9-1-2-10-23/h3-8,11-12H,1-2,9-10,13H2/b8-7+. The molecule has 1 fully saturated rings. The van der Waals surface area contributed by atoms with Gasteiger partial charge < -0.3 is 9.64 Å². The van der Waals surface area contributed by atoms with E-state index in [1.165, 1.54) is 17.4 Å². The van der Waals surface area contributed by atoms with E-state index in [4.69, 9.17) is 16.3 Å². The van der Waals surface area contributed by atoms with Crippen molar-refractivity contribution in [2.75, 3.05) is 19.7 Å². The molecular formula is C20H18ClN3O3S. The number of benzene rings is 1.